The fourth-order valence-corrected chi connectivity index (χ4v) is 2.72. The van der Waals surface area contributed by atoms with Crippen LogP contribution >= 0.6 is 11.6 Å². The van der Waals surface area contributed by atoms with E-state index in [0.29, 0.717) is 23.6 Å². The minimum atomic E-state index is -1.19. The van der Waals surface area contributed by atoms with Crippen LogP contribution in [0.3, 0.4) is 0 Å². The summed E-state index contributed by atoms with van der Waals surface area (Å²) in [5.74, 6) is -2.19. The van der Waals surface area contributed by atoms with Crippen molar-refractivity contribution in [3.05, 3.63) is 58.5 Å². The Morgan fingerprint density at radius 1 is 1.19 bits per heavy atom. The molecule has 1 amide bonds. The first-order chi connectivity index (χ1) is 12.5. The summed E-state index contributed by atoms with van der Waals surface area (Å²) >= 11 is 5.88. The van der Waals surface area contributed by atoms with E-state index in [9.17, 15) is 14.7 Å². The second-order valence-corrected chi connectivity index (χ2v) is 6.03. The van der Waals surface area contributed by atoms with Crippen molar-refractivity contribution in [2.24, 2.45) is 0 Å². The zero-order chi connectivity index (χ0) is 18.7. The van der Waals surface area contributed by atoms with Crippen LogP contribution in [-0.2, 0) is 17.6 Å². The molecule has 0 aliphatic carbocycles. The number of carboxylic acids is 1. The summed E-state index contributed by atoms with van der Waals surface area (Å²) < 4.78 is 1.46. The van der Waals surface area contributed by atoms with Gasteiger partial charge in [0.2, 0.25) is 0 Å². The molecule has 0 radical (unpaired) electrons. The molecule has 0 aliphatic heterocycles. The lowest BCUT2D eigenvalue weighted by Crippen LogP contribution is -2.30. The minimum Gasteiger partial charge on any atom is -0.507 e. The highest BCUT2D eigenvalue weighted by Gasteiger charge is 2.20. The summed E-state index contributed by atoms with van der Waals surface area (Å²) in [5.41, 5.74) is 1.78. The normalized spacial score (nSPS) is 10.8. The SMILES string of the molecule is O=C(O)CNC(=O)c1c(O)cc(CCc2ccc(Cl)cc2)n2ncnc12. The van der Waals surface area contributed by atoms with E-state index in [1.165, 1.54) is 16.9 Å². The number of fused-ring (bicyclic) bond motifs is 1. The maximum Gasteiger partial charge on any atom is 0.322 e. The molecule has 3 N–H and O–H groups in total. The van der Waals surface area contributed by atoms with Crippen LogP contribution in [0.1, 0.15) is 21.6 Å². The van der Waals surface area contributed by atoms with E-state index in [-0.39, 0.29) is 17.0 Å². The fraction of sp³-hybridized carbons (Fsp3) is 0.176. The monoisotopic (exact) mass is 374 g/mol. The predicted octanol–water partition coefficient (Wildman–Crippen LogP) is 1.69. The molecule has 0 spiro atoms. The quantitative estimate of drug-likeness (QED) is 0.604. The number of aromatic hydroxyl groups is 1. The summed E-state index contributed by atoms with van der Waals surface area (Å²) in [4.78, 5) is 26.8. The lowest BCUT2D eigenvalue weighted by atomic mass is 10.1. The number of benzene rings is 1. The third kappa shape index (κ3) is 3.75. The first-order valence-electron chi connectivity index (χ1n) is 7.74. The fourth-order valence-electron chi connectivity index (χ4n) is 2.59. The molecule has 0 bridgehead atoms. The van der Waals surface area contributed by atoms with Gasteiger partial charge in [-0.05, 0) is 30.5 Å². The Balaban J connectivity index is 1.87. The molecule has 3 aromatic rings. The standard InChI is InChI=1S/C17H15ClN4O4/c18-11-4-1-10(2-5-11)3-6-12-7-13(23)15(16-20-9-21-22(12)16)17(26)19-8-14(24)25/h1-2,4-5,7,9,23H,3,6,8H2,(H,19,26)(H,24,25). The maximum atomic E-state index is 12.2. The minimum absolute atomic E-state index is 0.112. The van der Waals surface area contributed by atoms with E-state index in [0.717, 1.165) is 5.56 Å². The molecule has 3 rings (SSSR count). The molecule has 1 aromatic carbocycles. The highest BCUT2D eigenvalue weighted by atomic mass is 35.5. The molecule has 0 unspecified atom stereocenters. The zero-order valence-electron chi connectivity index (χ0n) is 13.5. The second kappa shape index (κ2) is 7.40. The molecule has 9 heteroatoms. The Kier molecular flexibility index (Phi) is 5.04. The largest absolute Gasteiger partial charge is 0.507 e. The number of pyridine rings is 1. The number of carbonyl (C=O) groups excluding carboxylic acids is 1. The van der Waals surface area contributed by atoms with E-state index in [2.05, 4.69) is 15.4 Å². The molecule has 0 fully saturated rings. The van der Waals surface area contributed by atoms with Gasteiger partial charge in [-0.2, -0.15) is 5.10 Å². The molecule has 2 aromatic heterocycles. The van der Waals surface area contributed by atoms with Gasteiger partial charge < -0.3 is 15.5 Å². The molecule has 26 heavy (non-hydrogen) atoms. The van der Waals surface area contributed by atoms with Crippen molar-refractivity contribution < 1.29 is 19.8 Å². The van der Waals surface area contributed by atoms with Crippen molar-refractivity contribution in [1.82, 2.24) is 19.9 Å². The third-order valence-electron chi connectivity index (χ3n) is 3.81. The zero-order valence-corrected chi connectivity index (χ0v) is 14.3. The Hall–Kier alpha value is -3.13. The number of carbonyl (C=O) groups is 2. The first kappa shape index (κ1) is 17.7. The second-order valence-electron chi connectivity index (χ2n) is 5.59. The van der Waals surface area contributed by atoms with Crippen LogP contribution in [0.4, 0.5) is 0 Å². The third-order valence-corrected chi connectivity index (χ3v) is 4.07. The van der Waals surface area contributed by atoms with Gasteiger partial charge in [0.05, 0.1) is 0 Å². The molecule has 134 valence electrons. The van der Waals surface area contributed by atoms with Crippen molar-refractivity contribution in [3.8, 4) is 5.75 Å². The Morgan fingerprint density at radius 3 is 2.62 bits per heavy atom. The summed E-state index contributed by atoms with van der Waals surface area (Å²) in [6.45, 7) is -0.559. The van der Waals surface area contributed by atoms with Crippen molar-refractivity contribution >= 4 is 29.1 Å². The molecule has 0 atom stereocenters. The molecule has 0 aliphatic rings. The Bertz CT molecular complexity index is 969. The van der Waals surface area contributed by atoms with E-state index in [1.54, 1.807) is 12.1 Å². The van der Waals surface area contributed by atoms with Gasteiger partial charge in [0, 0.05) is 16.8 Å². The molecule has 0 saturated heterocycles. The van der Waals surface area contributed by atoms with Crippen LogP contribution in [0.25, 0.3) is 5.65 Å². The average molecular weight is 375 g/mol. The highest BCUT2D eigenvalue weighted by molar-refractivity contribution is 6.30. The number of aromatic nitrogens is 3. The van der Waals surface area contributed by atoms with Crippen LogP contribution in [0.2, 0.25) is 5.02 Å². The predicted molar refractivity (Wildman–Crippen MR) is 93.5 cm³/mol. The van der Waals surface area contributed by atoms with Crippen molar-refractivity contribution in [3.63, 3.8) is 0 Å². The van der Waals surface area contributed by atoms with Crippen LogP contribution in [0.5, 0.6) is 5.75 Å². The molecular formula is C17H15ClN4O4. The summed E-state index contributed by atoms with van der Waals surface area (Å²) in [6, 6.07) is 8.86. The van der Waals surface area contributed by atoms with Gasteiger partial charge in [0.1, 0.15) is 24.2 Å². The smallest absolute Gasteiger partial charge is 0.322 e. The van der Waals surface area contributed by atoms with Crippen molar-refractivity contribution in [2.45, 2.75) is 12.8 Å². The number of rotatable bonds is 6. The van der Waals surface area contributed by atoms with Crippen LogP contribution in [-0.4, -0.2) is 43.2 Å². The van der Waals surface area contributed by atoms with E-state index < -0.39 is 18.4 Å². The van der Waals surface area contributed by atoms with E-state index in [4.69, 9.17) is 16.7 Å². The van der Waals surface area contributed by atoms with Gasteiger partial charge >= 0.3 is 5.97 Å². The number of nitrogens with zero attached hydrogens (tertiary/aromatic N) is 3. The Labute approximate surface area is 153 Å². The van der Waals surface area contributed by atoms with Gasteiger partial charge in [-0.3, -0.25) is 9.59 Å². The Morgan fingerprint density at radius 2 is 1.92 bits per heavy atom. The molecule has 2 heterocycles. The first-order valence-corrected chi connectivity index (χ1v) is 8.12. The average Bonchev–Trinajstić information content (AvgIpc) is 3.08. The molecule has 8 nitrogen and oxygen atoms in total. The number of halogens is 1. The van der Waals surface area contributed by atoms with Gasteiger partial charge in [-0.15, -0.1) is 0 Å². The van der Waals surface area contributed by atoms with Crippen LogP contribution in [0, 0.1) is 0 Å². The summed E-state index contributed by atoms with van der Waals surface area (Å²) in [7, 11) is 0. The number of hydrogen-bond acceptors (Lipinski definition) is 5. The van der Waals surface area contributed by atoms with Crippen LogP contribution < -0.4 is 5.32 Å². The lowest BCUT2D eigenvalue weighted by Gasteiger charge is -2.10. The van der Waals surface area contributed by atoms with E-state index >= 15 is 0 Å². The maximum absolute atomic E-state index is 12.2. The summed E-state index contributed by atoms with van der Waals surface area (Å²) in [5, 5.41) is 25.9. The number of aryl methyl sites for hydroxylation is 2. The lowest BCUT2D eigenvalue weighted by molar-refractivity contribution is -0.135. The molecule has 0 saturated carbocycles. The van der Waals surface area contributed by atoms with Gasteiger partial charge in [-0.1, -0.05) is 23.7 Å². The number of amides is 1. The van der Waals surface area contributed by atoms with Gasteiger partial charge in [0.25, 0.3) is 5.91 Å². The van der Waals surface area contributed by atoms with Crippen molar-refractivity contribution in [1.29, 1.82) is 0 Å². The highest BCUT2D eigenvalue weighted by Crippen LogP contribution is 2.24. The number of carboxylic acid groups (broad SMARTS) is 1. The van der Waals surface area contributed by atoms with E-state index in [1.807, 2.05) is 12.1 Å². The number of hydrogen-bond donors (Lipinski definition) is 3. The van der Waals surface area contributed by atoms with Gasteiger partial charge in [-0.25, -0.2) is 9.50 Å². The van der Waals surface area contributed by atoms with Crippen molar-refractivity contribution in [2.75, 3.05) is 6.54 Å². The topological polar surface area (TPSA) is 117 Å². The van der Waals surface area contributed by atoms with Gasteiger partial charge in [0.15, 0.2) is 5.65 Å². The van der Waals surface area contributed by atoms with Crippen LogP contribution in [0.15, 0.2) is 36.7 Å². The number of nitrogens with one attached hydrogen (secondary N) is 1. The number of aliphatic carboxylic acids is 1. The summed E-state index contributed by atoms with van der Waals surface area (Å²) in [6.07, 6.45) is 2.50. The molecular weight excluding hydrogens is 360 g/mol.